The van der Waals surface area contributed by atoms with Crippen molar-refractivity contribution in [3.8, 4) is 0 Å². The molecule has 0 aromatic carbocycles. The van der Waals surface area contributed by atoms with Crippen molar-refractivity contribution in [2.45, 2.75) is 32.7 Å². The predicted octanol–water partition coefficient (Wildman–Crippen LogP) is 2.04. The summed E-state index contributed by atoms with van der Waals surface area (Å²) >= 11 is 1.81. The van der Waals surface area contributed by atoms with Crippen molar-refractivity contribution in [3.05, 3.63) is 22.4 Å². The molecule has 1 aromatic heterocycles. The van der Waals surface area contributed by atoms with E-state index in [-0.39, 0.29) is 22.6 Å². The Kier molecular flexibility index (Phi) is 4.15. The Morgan fingerprint density at radius 3 is 2.52 bits per heavy atom. The summed E-state index contributed by atoms with van der Waals surface area (Å²) in [7, 11) is 1.91. The van der Waals surface area contributed by atoms with Crippen LogP contribution in [0.4, 0.5) is 0 Å². The van der Waals surface area contributed by atoms with Gasteiger partial charge in [-0.05, 0) is 43.8 Å². The minimum Gasteiger partial charge on any atom is -0.345 e. The molecular formula is C19H27N3O2S. The van der Waals surface area contributed by atoms with Crippen LogP contribution in [-0.4, -0.2) is 66.3 Å². The number of fused-ring (bicyclic) bond motifs is 1. The Balaban J connectivity index is 1.55. The highest BCUT2D eigenvalue weighted by Gasteiger charge is 2.65. The largest absolute Gasteiger partial charge is 0.345 e. The SMILES string of the molecule is CC(=O)N1CC2(CCN(Cc3cccs3)CC2)[C@]2(CCN(C)C2=O)C1. The monoisotopic (exact) mass is 361 g/mol. The Morgan fingerprint density at radius 2 is 1.96 bits per heavy atom. The molecule has 4 rings (SSSR count). The molecule has 25 heavy (non-hydrogen) atoms. The number of hydrogen-bond acceptors (Lipinski definition) is 4. The van der Waals surface area contributed by atoms with E-state index in [0.29, 0.717) is 6.54 Å². The van der Waals surface area contributed by atoms with Crippen LogP contribution < -0.4 is 0 Å². The highest BCUT2D eigenvalue weighted by molar-refractivity contribution is 7.09. The van der Waals surface area contributed by atoms with E-state index in [4.69, 9.17) is 0 Å². The van der Waals surface area contributed by atoms with Crippen LogP contribution in [0.25, 0.3) is 0 Å². The van der Waals surface area contributed by atoms with Crippen LogP contribution in [0.3, 0.4) is 0 Å². The van der Waals surface area contributed by atoms with Crippen molar-refractivity contribution in [2.75, 3.05) is 39.8 Å². The maximum atomic E-state index is 13.1. The van der Waals surface area contributed by atoms with E-state index >= 15 is 0 Å². The molecule has 4 heterocycles. The van der Waals surface area contributed by atoms with Gasteiger partial charge in [0.2, 0.25) is 11.8 Å². The quantitative estimate of drug-likeness (QED) is 0.810. The molecule has 5 nitrogen and oxygen atoms in total. The fourth-order valence-corrected chi connectivity index (χ4v) is 6.00. The average Bonchev–Trinajstić information content (AvgIpc) is 3.28. The standard InChI is InChI=1S/C19H27N3O2S/c1-15(23)22-13-18(19(14-22)7-8-20(2)17(19)24)5-9-21(10-6-18)12-16-4-3-11-25-16/h3-4,11H,5-10,12-14H2,1-2H3/t19-/m1/s1. The molecule has 0 N–H and O–H groups in total. The summed E-state index contributed by atoms with van der Waals surface area (Å²) < 4.78 is 0. The highest BCUT2D eigenvalue weighted by atomic mass is 32.1. The molecule has 0 saturated carbocycles. The van der Waals surface area contributed by atoms with Crippen molar-refractivity contribution in [2.24, 2.45) is 10.8 Å². The zero-order valence-corrected chi connectivity index (χ0v) is 16.0. The van der Waals surface area contributed by atoms with Gasteiger partial charge < -0.3 is 9.80 Å². The van der Waals surface area contributed by atoms with Gasteiger partial charge in [-0.3, -0.25) is 14.5 Å². The van der Waals surface area contributed by atoms with Crippen LogP contribution in [0.1, 0.15) is 31.1 Å². The summed E-state index contributed by atoms with van der Waals surface area (Å²) in [5, 5.41) is 2.13. The third-order valence-corrected chi connectivity index (χ3v) is 7.68. The summed E-state index contributed by atoms with van der Waals surface area (Å²) in [6.07, 6.45) is 2.93. The summed E-state index contributed by atoms with van der Waals surface area (Å²) in [6, 6.07) is 4.30. The molecule has 2 amide bonds. The Hall–Kier alpha value is -1.40. The second kappa shape index (κ2) is 6.09. The van der Waals surface area contributed by atoms with Crippen LogP contribution in [0.2, 0.25) is 0 Å². The van der Waals surface area contributed by atoms with E-state index in [2.05, 4.69) is 22.4 Å². The van der Waals surface area contributed by atoms with Gasteiger partial charge in [0.1, 0.15) is 0 Å². The van der Waals surface area contributed by atoms with Gasteiger partial charge in [0, 0.05) is 50.4 Å². The fraction of sp³-hybridized carbons (Fsp3) is 0.684. The van der Waals surface area contributed by atoms with Gasteiger partial charge in [-0.1, -0.05) is 6.07 Å². The predicted molar refractivity (Wildman–Crippen MR) is 98.2 cm³/mol. The summed E-state index contributed by atoms with van der Waals surface area (Å²) in [5.74, 6) is 0.377. The van der Waals surface area contributed by atoms with Crippen LogP contribution in [0, 0.1) is 10.8 Å². The highest BCUT2D eigenvalue weighted by Crippen LogP contribution is 2.57. The molecule has 136 valence electrons. The van der Waals surface area contributed by atoms with E-state index < -0.39 is 0 Å². The van der Waals surface area contributed by atoms with Crippen LogP contribution in [0.5, 0.6) is 0 Å². The molecule has 3 saturated heterocycles. The summed E-state index contributed by atoms with van der Waals surface area (Å²) in [5.41, 5.74) is -0.380. The fourth-order valence-electron chi connectivity index (χ4n) is 5.26. The second-order valence-corrected chi connectivity index (χ2v) is 9.10. The van der Waals surface area contributed by atoms with E-state index in [9.17, 15) is 9.59 Å². The molecule has 6 heteroatoms. The van der Waals surface area contributed by atoms with Gasteiger partial charge in [0.25, 0.3) is 0 Å². The van der Waals surface area contributed by atoms with Crippen molar-refractivity contribution < 1.29 is 9.59 Å². The third-order valence-electron chi connectivity index (χ3n) is 6.82. The third kappa shape index (κ3) is 2.61. The van der Waals surface area contributed by atoms with E-state index in [1.54, 1.807) is 6.92 Å². The van der Waals surface area contributed by atoms with E-state index in [0.717, 1.165) is 52.0 Å². The smallest absolute Gasteiger partial charge is 0.231 e. The maximum Gasteiger partial charge on any atom is 0.231 e. The molecule has 0 aliphatic carbocycles. The number of nitrogens with zero attached hydrogens (tertiary/aromatic N) is 3. The number of thiophene rings is 1. The molecule has 0 radical (unpaired) electrons. The first-order valence-corrected chi connectivity index (χ1v) is 10.1. The second-order valence-electron chi connectivity index (χ2n) is 8.07. The van der Waals surface area contributed by atoms with Gasteiger partial charge in [0.05, 0.1) is 5.41 Å². The number of piperidine rings is 1. The van der Waals surface area contributed by atoms with E-state index in [1.807, 2.05) is 28.2 Å². The van der Waals surface area contributed by atoms with Gasteiger partial charge in [-0.2, -0.15) is 0 Å². The molecule has 1 aromatic rings. The zero-order chi connectivity index (χ0) is 17.7. The van der Waals surface area contributed by atoms with Crippen LogP contribution in [0.15, 0.2) is 17.5 Å². The number of hydrogen-bond donors (Lipinski definition) is 0. The number of carbonyl (C=O) groups is 2. The Bertz CT molecular complexity index is 666. The molecule has 1 atom stereocenters. The summed E-state index contributed by atoms with van der Waals surface area (Å²) in [4.78, 5) is 32.9. The van der Waals surface area contributed by atoms with Gasteiger partial charge in [-0.15, -0.1) is 11.3 Å². The lowest BCUT2D eigenvalue weighted by Crippen LogP contribution is -2.52. The minimum atomic E-state index is -0.345. The molecule has 2 spiro atoms. The summed E-state index contributed by atoms with van der Waals surface area (Å²) in [6.45, 7) is 6.88. The number of carbonyl (C=O) groups excluding carboxylic acids is 2. The zero-order valence-electron chi connectivity index (χ0n) is 15.2. The molecule has 3 aliphatic rings. The van der Waals surface area contributed by atoms with Gasteiger partial charge in [0.15, 0.2) is 0 Å². The normalized spacial score (nSPS) is 29.3. The first-order chi connectivity index (χ1) is 12.0. The first kappa shape index (κ1) is 17.0. The lowest BCUT2D eigenvalue weighted by Gasteiger charge is -2.46. The Labute approximate surface area is 153 Å². The van der Waals surface area contributed by atoms with Crippen LogP contribution >= 0.6 is 11.3 Å². The molecule has 3 aliphatic heterocycles. The average molecular weight is 362 g/mol. The van der Waals surface area contributed by atoms with E-state index in [1.165, 1.54) is 4.88 Å². The Morgan fingerprint density at radius 1 is 1.20 bits per heavy atom. The number of likely N-dealkylation sites (tertiary alicyclic amines) is 3. The molecular weight excluding hydrogens is 334 g/mol. The topological polar surface area (TPSA) is 43.9 Å². The number of rotatable bonds is 2. The first-order valence-electron chi connectivity index (χ1n) is 9.22. The lowest BCUT2D eigenvalue weighted by molar-refractivity contribution is -0.141. The molecule has 0 unspecified atom stereocenters. The van der Waals surface area contributed by atoms with Crippen molar-refractivity contribution in [3.63, 3.8) is 0 Å². The van der Waals surface area contributed by atoms with Crippen molar-refractivity contribution in [1.29, 1.82) is 0 Å². The van der Waals surface area contributed by atoms with Gasteiger partial charge >= 0.3 is 0 Å². The van der Waals surface area contributed by atoms with Crippen LogP contribution in [-0.2, 0) is 16.1 Å². The molecule has 3 fully saturated rings. The lowest BCUT2D eigenvalue weighted by atomic mass is 9.60. The number of amides is 2. The van der Waals surface area contributed by atoms with Crippen molar-refractivity contribution in [1.82, 2.24) is 14.7 Å². The maximum absolute atomic E-state index is 13.1. The van der Waals surface area contributed by atoms with Gasteiger partial charge in [-0.25, -0.2) is 0 Å². The minimum absolute atomic E-state index is 0.0353. The van der Waals surface area contributed by atoms with Crippen molar-refractivity contribution >= 4 is 23.2 Å². The molecule has 0 bridgehead atoms.